The summed E-state index contributed by atoms with van der Waals surface area (Å²) in [5.74, 6) is 0. The molecule has 1 nitrogen and oxygen atoms in total. The van der Waals surface area contributed by atoms with Crippen LogP contribution >= 0.6 is 22.9 Å². The maximum absolute atomic E-state index is 12.5. The smallest absolute Gasteiger partial charge is 0.384 e. The summed E-state index contributed by atoms with van der Waals surface area (Å²) in [7, 11) is 0. The Morgan fingerprint density at radius 1 is 1.21 bits per heavy atom. The first-order valence-corrected chi connectivity index (χ1v) is 6.90. The molecule has 6 heteroatoms. The van der Waals surface area contributed by atoms with Gasteiger partial charge < -0.3 is 5.32 Å². The van der Waals surface area contributed by atoms with Crippen LogP contribution in [-0.2, 0) is 12.6 Å². The minimum absolute atomic E-state index is 0.0835. The fourth-order valence-electron chi connectivity index (χ4n) is 1.61. The molecule has 1 aromatic heterocycles. The van der Waals surface area contributed by atoms with Crippen LogP contribution in [0.1, 0.15) is 11.1 Å². The molecule has 19 heavy (non-hydrogen) atoms. The first-order valence-electron chi connectivity index (χ1n) is 5.58. The van der Waals surface area contributed by atoms with Gasteiger partial charge in [0.1, 0.15) is 0 Å². The predicted molar refractivity (Wildman–Crippen MR) is 73.0 cm³/mol. The summed E-state index contributed by atoms with van der Waals surface area (Å²) in [6.07, 6.45) is -3.56. The van der Waals surface area contributed by atoms with Gasteiger partial charge in [-0.1, -0.05) is 11.6 Å². The Kier molecular flexibility index (Phi) is 4.37. The van der Waals surface area contributed by atoms with Gasteiger partial charge >= 0.3 is 6.18 Å². The highest BCUT2D eigenvalue weighted by Gasteiger charge is 2.30. The number of benzene rings is 1. The molecule has 0 radical (unpaired) electrons. The van der Waals surface area contributed by atoms with Gasteiger partial charge in [0.25, 0.3) is 0 Å². The van der Waals surface area contributed by atoms with Crippen molar-refractivity contribution in [1.82, 2.24) is 0 Å². The number of nitrogens with one attached hydrogen (secondary N) is 1. The molecular weight excluding hydrogens is 295 g/mol. The van der Waals surface area contributed by atoms with Crippen LogP contribution in [0.25, 0.3) is 0 Å². The van der Waals surface area contributed by atoms with Crippen molar-refractivity contribution in [3.8, 4) is 0 Å². The number of anilines is 1. The third kappa shape index (κ3) is 3.88. The number of hydrogen-bond acceptors (Lipinski definition) is 2. The van der Waals surface area contributed by atoms with Gasteiger partial charge in [0.05, 0.1) is 16.3 Å². The molecule has 0 aliphatic rings. The molecule has 0 fully saturated rings. The molecular formula is C13H11ClF3NS. The molecule has 0 bridgehead atoms. The van der Waals surface area contributed by atoms with Crippen molar-refractivity contribution in [1.29, 1.82) is 0 Å². The van der Waals surface area contributed by atoms with E-state index < -0.39 is 11.7 Å². The highest BCUT2D eigenvalue weighted by atomic mass is 35.5. The highest BCUT2D eigenvalue weighted by Crippen LogP contribution is 2.33. The standard InChI is InChI=1S/C13H11ClF3NS/c14-11-7-10(13(15,16)17)1-2-12(11)18-5-3-9-4-6-19-8-9/h1-2,4,6-8,18H,3,5H2. The minimum Gasteiger partial charge on any atom is -0.384 e. The van der Waals surface area contributed by atoms with E-state index in [-0.39, 0.29) is 5.02 Å². The maximum atomic E-state index is 12.5. The summed E-state index contributed by atoms with van der Waals surface area (Å²) < 4.78 is 37.4. The van der Waals surface area contributed by atoms with Crippen molar-refractivity contribution in [3.63, 3.8) is 0 Å². The van der Waals surface area contributed by atoms with Crippen LogP contribution in [0.5, 0.6) is 0 Å². The van der Waals surface area contributed by atoms with E-state index in [1.807, 2.05) is 16.8 Å². The van der Waals surface area contributed by atoms with Gasteiger partial charge in [-0.05, 0) is 47.0 Å². The summed E-state index contributed by atoms with van der Waals surface area (Å²) in [4.78, 5) is 0. The van der Waals surface area contributed by atoms with E-state index in [0.717, 1.165) is 18.6 Å². The maximum Gasteiger partial charge on any atom is 0.416 e. The van der Waals surface area contributed by atoms with Gasteiger partial charge in [-0.15, -0.1) is 0 Å². The molecule has 0 atom stereocenters. The summed E-state index contributed by atoms with van der Waals surface area (Å²) in [6.45, 7) is 0.627. The Morgan fingerprint density at radius 3 is 2.58 bits per heavy atom. The van der Waals surface area contributed by atoms with E-state index >= 15 is 0 Å². The molecule has 0 unspecified atom stereocenters. The predicted octanol–water partition coefficient (Wildman–Crippen LogP) is 5.07. The molecule has 0 spiro atoms. The summed E-state index contributed by atoms with van der Waals surface area (Å²) in [5, 5.41) is 7.14. The van der Waals surface area contributed by atoms with Crippen LogP contribution in [0.4, 0.5) is 18.9 Å². The molecule has 1 aromatic carbocycles. The summed E-state index contributed by atoms with van der Waals surface area (Å²) in [5.41, 5.74) is 0.978. The second-order valence-electron chi connectivity index (χ2n) is 4.00. The van der Waals surface area contributed by atoms with E-state index in [1.165, 1.54) is 11.6 Å². The molecule has 2 aromatic rings. The van der Waals surface area contributed by atoms with Crippen molar-refractivity contribution in [3.05, 3.63) is 51.2 Å². The van der Waals surface area contributed by atoms with E-state index in [1.54, 1.807) is 11.3 Å². The molecule has 1 heterocycles. The molecule has 0 aliphatic heterocycles. The van der Waals surface area contributed by atoms with Gasteiger partial charge in [-0.2, -0.15) is 24.5 Å². The van der Waals surface area contributed by atoms with E-state index in [0.29, 0.717) is 12.2 Å². The highest BCUT2D eigenvalue weighted by molar-refractivity contribution is 7.07. The molecule has 102 valence electrons. The third-order valence-corrected chi connectivity index (χ3v) is 3.65. The second kappa shape index (κ2) is 5.84. The monoisotopic (exact) mass is 305 g/mol. The Bertz CT molecular complexity index is 537. The van der Waals surface area contributed by atoms with Crippen LogP contribution in [0.2, 0.25) is 5.02 Å². The zero-order valence-corrected chi connectivity index (χ0v) is 11.4. The topological polar surface area (TPSA) is 12.0 Å². The van der Waals surface area contributed by atoms with Gasteiger partial charge in [0, 0.05) is 6.54 Å². The molecule has 1 N–H and O–H groups in total. The van der Waals surface area contributed by atoms with E-state index in [4.69, 9.17) is 11.6 Å². The van der Waals surface area contributed by atoms with Gasteiger partial charge in [-0.3, -0.25) is 0 Å². The van der Waals surface area contributed by atoms with E-state index in [2.05, 4.69) is 5.32 Å². The molecule has 0 saturated carbocycles. The number of rotatable bonds is 4. The SMILES string of the molecule is FC(F)(F)c1ccc(NCCc2ccsc2)c(Cl)c1. The van der Waals surface area contributed by atoms with E-state index in [9.17, 15) is 13.2 Å². The zero-order valence-electron chi connectivity index (χ0n) is 9.80. The van der Waals surface area contributed by atoms with Crippen LogP contribution in [-0.4, -0.2) is 6.54 Å². The Labute approximate surface area is 118 Å². The number of hydrogen-bond donors (Lipinski definition) is 1. The first-order chi connectivity index (χ1) is 8.97. The lowest BCUT2D eigenvalue weighted by molar-refractivity contribution is -0.137. The average Bonchev–Trinajstić information content (AvgIpc) is 2.83. The van der Waals surface area contributed by atoms with Crippen LogP contribution in [0.15, 0.2) is 35.0 Å². The first kappa shape index (κ1) is 14.2. The quantitative estimate of drug-likeness (QED) is 0.831. The Hall–Kier alpha value is -1.20. The third-order valence-electron chi connectivity index (χ3n) is 2.61. The lowest BCUT2D eigenvalue weighted by Gasteiger charge is -2.11. The zero-order chi connectivity index (χ0) is 13.9. The van der Waals surface area contributed by atoms with Crippen LogP contribution in [0.3, 0.4) is 0 Å². The molecule has 0 aliphatic carbocycles. The Morgan fingerprint density at radius 2 is 2.00 bits per heavy atom. The van der Waals surface area contributed by atoms with Crippen molar-refractivity contribution in [2.45, 2.75) is 12.6 Å². The largest absolute Gasteiger partial charge is 0.416 e. The lowest BCUT2D eigenvalue weighted by atomic mass is 10.2. The van der Waals surface area contributed by atoms with Crippen LogP contribution in [0, 0.1) is 0 Å². The number of halogens is 4. The summed E-state index contributed by atoms with van der Waals surface area (Å²) >= 11 is 7.45. The van der Waals surface area contributed by atoms with Crippen molar-refractivity contribution in [2.24, 2.45) is 0 Å². The molecule has 2 rings (SSSR count). The average molecular weight is 306 g/mol. The molecule has 0 amide bonds. The van der Waals surface area contributed by atoms with Crippen molar-refractivity contribution in [2.75, 3.05) is 11.9 Å². The van der Waals surface area contributed by atoms with Crippen LogP contribution < -0.4 is 5.32 Å². The summed E-state index contributed by atoms with van der Waals surface area (Å²) in [6, 6.07) is 5.34. The normalized spacial score (nSPS) is 11.6. The lowest BCUT2D eigenvalue weighted by Crippen LogP contribution is -2.07. The van der Waals surface area contributed by atoms with Crippen molar-refractivity contribution < 1.29 is 13.2 Å². The number of alkyl halides is 3. The van der Waals surface area contributed by atoms with Gasteiger partial charge in [0.15, 0.2) is 0 Å². The minimum atomic E-state index is -4.36. The second-order valence-corrected chi connectivity index (χ2v) is 5.19. The molecule has 0 saturated heterocycles. The fourth-order valence-corrected chi connectivity index (χ4v) is 2.56. The Balaban J connectivity index is 1.97. The van der Waals surface area contributed by atoms with Gasteiger partial charge in [0.2, 0.25) is 0 Å². The van der Waals surface area contributed by atoms with Crippen molar-refractivity contribution >= 4 is 28.6 Å². The fraction of sp³-hybridized carbons (Fsp3) is 0.231. The number of thiophene rings is 1. The van der Waals surface area contributed by atoms with Gasteiger partial charge in [-0.25, -0.2) is 0 Å².